The van der Waals surface area contributed by atoms with E-state index < -0.39 is 11.5 Å². The van der Waals surface area contributed by atoms with E-state index in [-0.39, 0.29) is 11.7 Å². The lowest BCUT2D eigenvalue weighted by atomic mass is 9.61. The van der Waals surface area contributed by atoms with Gasteiger partial charge in [-0.2, -0.15) is 0 Å². The van der Waals surface area contributed by atoms with E-state index in [0.717, 1.165) is 63.1 Å². The van der Waals surface area contributed by atoms with Gasteiger partial charge in [-0.15, -0.1) is 0 Å². The second-order valence-corrected chi connectivity index (χ2v) is 12.5. The minimum Gasteiger partial charge on any atom is -0.399 e. The van der Waals surface area contributed by atoms with Gasteiger partial charge < -0.3 is 15.7 Å². The number of carbonyl (C=O) groups excluding carboxylic acids is 1. The smallest absolute Gasteiger partial charge is 0.189 e. The molecule has 0 radical (unpaired) electrons. The molecule has 0 saturated carbocycles. The summed E-state index contributed by atoms with van der Waals surface area (Å²) >= 11 is 0. The predicted octanol–water partition coefficient (Wildman–Crippen LogP) is 6.92. The summed E-state index contributed by atoms with van der Waals surface area (Å²) in [5, 5.41) is 11.5. The number of nitrogens with zero attached hydrogens (tertiary/aromatic N) is 1. The standard InChI is InChI=1S/C35H44N2O2/c1-20(2)30-27(18-35(7)17-22(4)31(24(6)36)23(5)34(35)39)16-29-28(14-13-21(3)32(29)33(30)38)26-12-10-11-25(15-26)19-37(8)9/h10-15,27,34,39H,5-6,16-19,36H2,1-4,7-9H3/t27?,34-,35+/m0/s1. The van der Waals surface area contributed by atoms with E-state index in [0.29, 0.717) is 24.1 Å². The molecule has 0 aromatic heterocycles. The summed E-state index contributed by atoms with van der Waals surface area (Å²) in [4.78, 5) is 16.4. The lowest BCUT2D eigenvalue weighted by Gasteiger charge is -2.44. The number of Topliss-reactive ketones (excluding diaryl/α,β-unsaturated/α-hetero) is 1. The van der Waals surface area contributed by atoms with Crippen molar-refractivity contribution in [2.75, 3.05) is 14.1 Å². The Morgan fingerprint density at radius 1 is 1.18 bits per heavy atom. The highest BCUT2D eigenvalue weighted by Crippen LogP contribution is 2.50. The minimum absolute atomic E-state index is 0.0108. The van der Waals surface area contributed by atoms with E-state index in [9.17, 15) is 9.90 Å². The average molecular weight is 525 g/mol. The van der Waals surface area contributed by atoms with Crippen molar-refractivity contribution < 1.29 is 9.90 Å². The molecular weight excluding hydrogens is 480 g/mol. The summed E-state index contributed by atoms with van der Waals surface area (Å²) in [6.45, 7) is 19.3. The van der Waals surface area contributed by atoms with Gasteiger partial charge in [0.15, 0.2) is 5.78 Å². The predicted molar refractivity (Wildman–Crippen MR) is 162 cm³/mol. The maximum atomic E-state index is 14.2. The third-order valence-electron chi connectivity index (χ3n) is 8.57. The molecule has 4 heteroatoms. The molecule has 0 amide bonds. The van der Waals surface area contributed by atoms with E-state index in [4.69, 9.17) is 5.73 Å². The van der Waals surface area contributed by atoms with Crippen LogP contribution >= 0.6 is 0 Å². The van der Waals surface area contributed by atoms with Crippen LogP contribution in [-0.2, 0) is 13.0 Å². The van der Waals surface area contributed by atoms with Gasteiger partial charge in [0.25, 0.3) is 0 Å². The van der Waals surface area contributed by atoms with Gasteiger partial charge in [-0.05, 0) is 106 Å². The van der Waals surface area contributed by atoms with Crippen LogP contribution in [0.3, 0.4) is 0 Å². The van der Waals surface area contributed by atoms with Crippen molar-refractivity contribution in [1.82, 2.24) is 4.90 Å². The lowest BCUT2D eigenvalue weighted by molar-refractivity contribution is 0.0443. The SMILES string of the molecule is C=C(N)C1=C(C)C[C@](C)(CC2Cc3c(-c4cccc(CN(C)C)c4)ccc(C)c3C(=O)C2=C(C)C)[C@@H](O)C1=C. The van der Waals surface area contributed by atoms with Crippen molar-refractivity contribution >= 4 is 5.78 Å². The number of rotatable bonds is 6. The van der Waals surface area contributed by atoms with Crippen molar-refractivity contribution in [2.45, 2.75) is 66.5 Å². The number of aliphatic hydroxyl groups is 1. The molecule has 39 heavy (non-hydrogen) atoms. The van der Waals surface area contributed by atoms with Gasteiger partial charge in [0.1, 0.15) is 0 Å². The van der Waals surface area contributed by atoms with E-state index >= 15 is 0 Å². The highest BCUT2D eigenvalue weighted by molar-refractivity contribution is 6.13. The van der Waals surface area contributed by atoms with Gasteiger partial charge in [-0.25, -0.2) is 0 Å². The number of aryl methyl sites for hydroxylation is 1. The van der Waals surface area contributed by atoms with E-state index in [1.54, 1.807) is 0 Å². The zero-order valence-electron chi connectivity index (χ0n) is 24.7. The number of hydrogen-bond donors (Lipinski definition) is 2. The topological polar surface area (TPSA) is 66.6 Å². The molecule has 3 N–H and O–H groups in total. The fourth-order valence-corrected chi connectivity index (χ4v) is 7.09. The van der Waals surface area contributed by atoms with Crippen LogP contribution in [0.5, 0.6) is 0 Å². The summed E-state index contributed by atoms with van der Waals surface area (Å²) in [6.07, 6.45) is 1.35. The van der Waals surface area contributed by atoms with Gasteiger partial charge in [0.2, 0.25) is 0 Å². The average Bonchev–Trinajstić information content (AvgIpc) is 2.82. The quantitative estimate of drug-likeness (QED) is 0.403. The first kappa shape index (κ1) is 28.8. The molecule has 2 aliphatic rings. The molecule has 2 aromatic carbocycles. The molecular formula is C35H44N2O2. The molecule has 2 aliphatic carbocycles. The van der Waals surface area contributed by atoms with Crippen molar-refractivity contribution in [3.8, 4) is 11.1 Å². The zero-order valence-corrected chi connectivity index (χ0v) is 24.7. The lowest BCUT2D eigenvalue weighted by Crippen LogP contribution is -2.42. The molecule has 3 atom stereocenters. The summed E-state index contributed by atoms with van der Waals surface area (Å²) in [5.41, 5.74) is 17.0. The fourth-order valence-electron chi connectivity index (χ4n) is 7.09. The largest absolute Gasteiger partial charge is 0.399 e. The highest BCUT2D eigenvalue weighted by atomic mass is 16.3. The molecule has 4 rings (SSSR count). The maximum absolute atomic E-state index is 14.2. The molecule has 206 valence electrons. The molecule has 4 nitrogen and oxygen atoms in total. The Labute approximate surface area is 234 Å². The number of nitrogens with two attached hydrogens (primary N) is 1. The third-order valence-corrected chi connectivity index (χ3v) is 8.57. The Morgan fingerprint density at radius 2 is 1.87 bits per heavy atom. The van der Waals surface area contributed by atoms with Gasteiger partial charge in [0, 0.05) is 34.4 Å². The van der Waals surface area contributed by atoms with Gasteiger partial charge >= 0.3 is 0 Å². The molecule has 0 bridgehead atoms. The van der Waals surface area contributed by atoms with Crippen molar-refractivity contribution in [3.63, 3.8) is 0 Å². The van der Waals surface area contributed by atoms with E-state index in [1.165, 1.54) is 5.56 Å². The number of fused-ring (bicyclic) bond motifs is 1. The van der Waals surface area contributed by atoms with Gasteiger partial charge in [-0.3, -0.25) is 4.79 Å². The van der Waals surface area contributed by atoms with Crippen molar-refractivity contribution in [1.29, 1.82) is 0 Å². The second kappa shape index (κ2) is 10.7. The van der Waals surface area contributed by atoms with Crippen molar-refractivity contribution in [3.05, 3.63) is 105 Å². The molecule has 1 unspecified atom stereocenters. The molecule has 0 fully saturated rings. The molecule has 0 spiro atoms. The summed E-state index contributed by atoms with van der Waals surface area (Å²) in [5.74, 6) is 0.115. The van der Waals surface area contributed by atoms with E-state index in [2.05, 4.69) is 75.5 Å². The van der Waals surface area contributed by atoms with Crippen LogP contribution in [0.25, 0.3) is 11.1 Å². The molecule has 0 heterocycles. The monoisotopic (exact) mass is 524 g/mol. The Morgan fingerprint density at radius 3 is 2.49 bits per heavy atom. The van der Waals surface area contributed by atoms with Crippen molar-refractivity contribution in [2.24, 2.45) is 17.1 Å². The number of aliphatic hydroxyl groups excluding tert-OH is 1. The first-order chi connectivity index (χ1) is 18.2. The second-order valence-electron chi connectivity index (χ2n) is 12.5. The number of benzene rings is 2. The van der Waals surface area contributed by atoms with Gasteiger partial charge in [0.05, 0.1) is 6.10 Å². The number of carbonyl (C=O) groups is 1. The first-order valence-corrected chi connectivity index (χ1v) is 13.9. The highest BCUT2D eigenvalue weighted by Gasteiger charge is 2.45. The first-order valence-electron chi connectivity index (χ1n) is 13.9. The van der Waals surface area contributed by atoms with Crippen LogP contribution in [0.4, 0.5) is 0 Å². The fraction of sp³-hybridized carbons (Fsp3) is 0.400. The molecule has 0 saturated heterocycles. The van der Waals surface area contributed by atoms with Crippen LogP contribution < -0.4 is 5.73 Å². The van der Waals surface area contributed by atoms with Crippen LogP contribution in [0.15, 0.2) is 83.1 Å². The number of hydrogen-bond acceptors (Lipinski definition) is 4. The van der Waals surface area contributed by atoms with Crippen LogP contribution in [0.2, 0.25) is 0 Å². The van der Waals surface area contributed by atoms with Crippen LogP contribution in [-0.4, -0.2) is 36.0 Å². The zero-order chi connectivity index (χ0) is 28.8. The summed E-state index contributed by atoms with van der Waals surface area (Å²) < 4.78 is 0. The molecule has 0 aliphatic heterocycles. The number of allylic oxidation sites excluding steroid dienone is 4. The Hall–Kier alpha value is -3.21. The van der Waals surface area contributed by atoms with Crippen LogP contribution in [0, 0.1) is 18.3 Å². The van der Waals surface area contributed by atoms with Crippen LogP contribution in [0.1, 0.15) is 67.6 Å². The Bertz CT molecular complexity index is 1420. The normalized spacial score (nSPS) is 23.4. The van der Waals surface area contributed by atoms with E-state index in [1.807, 2.05) is 27.7 Å². The van der Waals surface area contributed by atoms with Gasteiger partial charge in [-0.1, -0.05) is 61.6 Å². The number of ketones is 1. The maximum Gasteiger partial charge on any atom is 0.189 e. The summed E-state index contributed by atoms with van der Waals surface area (Å²) in [6, 6.07) is 12.9. The Balaban J connectivity index is 1.81. The molecule has 2 aromatic rings. The summed E-state index contributed by atoms with van der Waals surface area (Å²) in [7, 11) is 4.14. The Kier molecular flexibility index (Phi) is 7.93. The minimum atomic E-state index is -0.758. The third kappa shape index (κ3) is 5.33.